The number of hydrogen-bond donors (Lipinski definition) is 1. The van der Waals surface area contributed by atoms with Gasteiger partial charge in [0.15, 0.2) is 5.82 Å². The first-order chi connectivity index (χ1) is 12.2. The van der Waals surface area contributed by atoms with Gasteiger partial charge in [0.2, 0.25) is 0 Å². The van der Waals surface area contributed by atoms with E-state index in [2.05, 4.69) is 10.4 Å². The Morgan fingerprint density at radius 1 is 1.04 bits per heavy atom. The second-order valence-corrected chi connectivity index (χ2v) is 6.09. The topological polar surface area (TPSA) is 46.9 Å². The van der Waals surface area contributed by atoms with E-state index in [4.69, 9.17) is 23.2 Å². The fourth-order valence-electron chi connectivity index (χ4n) is 2.19. The Labute approximate surface area is 156 Å². The Balaban J connectivity index is 1.79. The molecule has 0 fully saturated rings. The van der Waals surface area contributed by atoms with E-state index in [0.717, 1.165) is 12.1 Å². The van der Waals surface area contributed by atoms with Crippen LogP contribution in [0, 0.1) is 0 Å². The zero-order valence-electron chi connectivity index (χ0n) is 12.9. The molecular weight excluding hydrogens is 390 g/mol. The average molecular weight is 400 g/mol. The first-order valence-electron chi connectivity index (χ1n) is 7.24. The first-order valence-corrected chi connectivity index (χ1v) is 7.99. The average Bonchev–Trinajstić information content (AvgIpc) is 3.05. The number of benzene rings is 2. The quantitative estimate of drug-likeness (QED) is 0.636. The number of hydrogen-bond acceptors (Lipinski definition) is 2. The number of aromatic nitrogens is 2. The second-order valence-electron chi connectivity index (χ2n) is 5.28. The molecule has 1 heterocycles. The highest BCUT2D eigenvalue weighted by atomic mass is 35.5. The zero-order valence-corrected chi connectivity index (χ0v) is 14.4. The van der Waals surface area contributed by atoms with Crippen molar-refractivity contribution in [2.24, 2.45) is 0 Å². The lowest BCUT2D eigenvalue weighted by molar-refractivity contribution is -0.137. The Kier molecular flexibility index (Phi) is 4.93. The van der Waals surface area contributed by atoms with Gasteiger partial charge in [-0.2, -0.15) is 18.3 Å². The molecule has 0 bridgehead atoms. The van der Waals surface area contributed by atoms with E-state index in [-0.39, 0.29) is 11.4 Å². The number of nitrogens with zero attached hydrogens (tertiary/aromatic N) is 2. The number of alkyl halides is 3. The van der Waals surface area contributed by atoms with Crippen molar-refractivity contribution in [3.05, 3.63) is 75.9 Å². The van der Waals surface area contributed by atoms with Crippen LogP contribution in [-0.2, 0) is 6.18 Å². The van der Waals surface area contributed by atoms with Gasteiger partial charge in [0, 0.05) is 17.8 Å². The number of carbonyl (C=O) groups excluding carboxylic acids is 1. The number of anilines is 1. The minimum Gasteiger partial charge on any atom is -0.305 e. The Bertz CT molecular complexity index is 970. The van der Waals surface area contributed by atoms with Crippen molar-refractivity contribution >= 4 is 34.9 Å². The van der Waals surface area contributed by atoms with E-state index in [0.29, 0.717) is 15.7 Å². The largest absolute Gasteiger partial charge is 0.416 e. The fraction of sp³-hybridized carbons (Fsp3) is 0.0588. The number of halogens is 5. The van der Waals surface area contributed by atoms with Gasteiger partial charge < -0.3 is 5.32 Å². The maximum atomic E-state index is 12.7. The third kappa shape index (κ3) is 4.00. The van der Waals surface area contributed by atoms with Crippen LogP contribution in [0.2, 0.25) is 10.0 Å². The van der Waals surface area contributed by atoms with Crippen LogP contribution < -0.4 is 5.32 Å². The van der Waals surface area contributed by atoms with Crippen LogP contribution >= 0.6 is 23.2 Å². The molecule has 0 radical (unpaired) electrons. The summed E-state index contributed by atoms with van der Waals surface area (Å²) in [7, 11) is 0. The lowest BCUT2D eigenvalue weighted by atomic mass is 10.1. The van der Waals surface area contributed by atoms with Crippen molar-refractivity contribution in [2.45, 2.75) is 6.18 Å². The Morgan fingerprint density at radius 3 is 2.50 bits per heavy atom. The van der Waals surface area contributed by atoms with Crippen LogP contribution in [0.5, 0.6) is 0 Å². The predicted molar refractivity (Wildman–Crippen MR) is 93.0 cm³/mol. The lowest BCUT2D eigenvalue weighted by Crippen LogP contribution is -2.14. The predicted octanol–water partition coefficient (Wildman–Crippen LogP) is 5.45. The smallest absolute Gasteiger partial charge is 0.305 e. The van der Waals surface area contributed by atoms with Crippen molar-refractivity contribution in [1.82, 2.24) is 9.78 Å². The fourth-order valence-corrected chi connectivity index (χ4v) is 2.48. The molecule has 0 saturated carbocycles. The second kappa shape index (κ2) is 7.01. The number of carbonyl (C=O) groups is 1. The van der Waals surface area contributed by atoms with Crippen LogP contribution in [0.1, 0.15) is 15.9 Å². The van der Waals surface area contributed by atoms with Crippen LogP contribution in [0.25, 0.3) is 5.69 Å². The van der Waals surface area contributed by atoms with Gasteiger partial charge >= 0.3 is 6.18 Å². The third-order valence-corrected chi connectivity index (χ3v) is 4.19. The minimum absolute atomic E-state index is 0.121. The monoisotopic (exact) mass is 399 g/mol. The molecule has 0 spiro atoms. The summed E-state index contributed by atoms with van der Waals surface area (Å²) in [6.45, 7) is 0. The van der Waals surface area contributed by atoms with Gasteiger partial charge in [0.25, 0.3) is 5.91 Å². The van der Waals surface area contributed by atoms with Gasteiger partial charge in [-0.3, -0.25) is 4.79 Å². The molecule has 9 heteroatoms. The summed E-state index contributed by atoms with van der Waals surface area (Å²) in [5.41, 5.74) is -0.408. The summed E-state index contributed by atoms with van der Waals surface area (Å²) in [6, 6.07) is 10.5. The number of nitrogens with one attached hydrogen (secondary N) is 1. The molecule has 1 aromatic heterocycles. The summed E-state index contributed by atoms with van der Waals surface area (Å²) >= 11 is 11.8. The molecular formula is C17H10Cl2F3N3O. The maximum Gasteiger partial charge on any atom is 0.416 e. The van der Waals surface area contributed by atoms with Gasteiger partial charge in [-0.15, -0.1) is 0 Å². The third-order valence-electron chi connectivity index (χ3n) is 3.45. The van der Waals surface area contributed by atoms with Crippen LogP contribution in [0.15, 0.2) is 54.7 Å². The highest BCUT2D eigenvalue weighted by Crippen LogP contribution is 2.29. The van der Waals surface area contributed by atoms with Crippen LogP contribution in [0.3, 0.4) is 0 Å². The molecule has 4 nitrogen and oxygen atoms in total. The van der Waals surface area contributed by atoms with Gasteiger partial charge in [0.05, 0.1) is 21.3 Å². The maximum absolute atomic E-state index is 12.7. The summed E-state index contributed by atoms with van der Waals surface area (Å²) in [6.07, 6.45) is -2.95. The molecule has 3 rings (SSSR count). The molecule has 3 aromatic rings. The van der Waals surface area contributed by atoms with E-state index in [1.165, 1.54) is 22.9 Å². The summed E-state index contributed by atoms with van der Waals surface area (Å²) < 4.78 is 39.7. The molecule has 1 N–H and O–H groups in total. The highest BCUT2D eigenvalue weighted by Gasteiger charge is 2.30. The van der Waals surface area contributed by atoms with Gasteiger partial charge in [-0.25, -0.2) is 4.68 Å². The molecule has 0 unspecified atom stereocenters. The standard InChI is InChI=1S/C17H10Cl2F3N3O/c18-13-5-4-12(9-14(13)19)25-7-6-15(24-25)23-16(26)10-2-1-3-11(8-10)17(20,21)22/h1-9H,(H,23,24,26). The van der Waals surface area contributed by atoms with Crippen molar-refractivity contribution < 1.29 is 18.0 Å². The van der Waals surface area contributed by atoms with E-state index >= 15 is 0 Å². The molecule has 134 valence electrons. The van der Waals surface area contributed by atoms with Gasteiger partial charge in [-0.1, -0.05) is 29.3 Å². The molecule has 26 heavy (non-hydrogen) atoms. The van der Waals surface area contributed by atoms with Crippen molar-refractivity contribution in [3.63, 3.8) is 0 Å². The van der Waals surface area contributed by atoms with Crippen LogP contribution in [-0.4, -0.2) is 15.7 Å². The van der Waals surface area contributed by atoms with Crippen molar-refractivity contribution in [2.75, 3.05) is 5.32 Å². The highest BCUT2D eigenvalue weighted by molar-refractivity contribution is 6.42. The SMILES string of the molecule is O=C(Nc1ccn(-c2ccc(Cl)c(Cl)c2)n1)c1cccc(C(F)(F)F)c1. The number of rotatable bonds is 3. The molecule has 1 amide bonds. The Hall–Kier alpha value is -2.51. The van der Waals surface area contributed by atoms with E-state index in [1.807, 2.05) is 0 Å². The van der Waals surface area contributed by atoms with Gasteiger partial charge in [-0.05, 0) is 36.4 Å². The molecule has 0 saturated heterocycles. The zero-order chi connectivity index (χ0) is 18.9. The molecule has 0 atom stereocenters. The minimum atomic E-state index is -4.52. The normalized spacial score (nSPS) is 11.4. The van der Waals surface area contributed by atoms with Gasteiger partial charge in [0.1, 0.15) is 0 Å². The lowest BCUT2D eigenvalue weighted by Gasteiger charge is -2.08. The summed E-state index contributed by atoms with van der Waals surface area (Å²) in [4.78, 5) is 12.2. The van der Waals surface area contributed by atoms with E-state index in [1.54, 1.807) is 24.4 Å². The van der Waals surface area contributed by atoms with Crippen molar-refractivity contribution in [1.29, 1.82) is 0 Å². The molecule has 0 aliphatic carbocycles. The Morgan fingerprint density at radius 2 is 1.81 bits per heavy atom. The van der Waals surface area contributed by atoms with E-state index in [9.17, 15) is 18.0 Å². The first kappa shape index (κ1) is 18.3. The molecule has 0 aliphatic heterocycles. The summed E-state index contributed by atoms with van der Waals surface area (Å²) in [5.74, 6) is -0.519. The van der Waals surface area contributed by atoms with E-state index < -0.39 is 17.6 Å². The van der Waals surface area contributed by atoms with Crippen LogP contribution in [0.4, 0.5) is 19.0 Å². The van der Waals surface area contributed by atoms with Crippen molar-refractivity contribution in [3.8, 4) is 5.69 Å². The molecule has 0 aliphatic rings. The summed E-state index contributed by atoms with van der Waals surface area (Å²) in [5, 5.41) is 7.34. The molecule has 2 aromatic carbocycles. The number of amides is 1.